The summed E-state index contributed by atoms with van der Waals surface area (Å²) < 4.78 is 31.4. The van der Waals surface area contributed by atoms with Gasteiger partial charge in [-0.3, -0.25) is 19.2 Å². The summed E-state index contributed by atoms with van der Waals surface area (Å²) in [6.07, 6.45) is -6.14. The Morgan fingerprint density at radius 3 is 1.81 bits per heavy atom. The lowest BCUT2D eigenvalue weighted by atomic mass is 9.98. The molecule has 1 fully saturated rings. The molecule has 11 nitrogen and oxygen atoms in total. The maximum absolute atomic E-state index is 11.6. The van der Waals surface area contributed by atoms with Gasteiger partial charge < -0.3 is 33.5 Å². The zero-order chi connectivity index (χ0) is 20.6. The lowest BCUT2D eigenvalue weighted by molar-refractivity contribution is -0.308. The van der Waals surface area contributed by atoms with Gasteiger partial charge in [-0.15, -0.1) is 0 Å². The van der Waals surface area contributed by atoms with Crippen molar-refractivity contribution in [3.8, 4) is 0 Å². The van der Waals surface area contributed by atoms with Gasteiger partial charge in [0.15, 0.2) is 24.6 Å². The molecule has 0 aromatic rings. The van der Waals surface area contributed by atoms with Gasteiger partial charge in [-0.25, -0.2) is 0 Å². The molecule has 1 N–H and O–H groups in total. The van der Waals surface area contributed by atoms with Gasteiger partial charge in [0.1, 0.15) is 12.7 Å². The van der Waals surface area contributed by atoms with E-state index in [1.807, 2.05) is 0 Å². The van der Waals surface area contributed by atoms with Crippen LogP contribution in [0, 0.1) is 0 Å². The second kappa shape index (κ2) is 10.8. The van der Waals surface area contributed by atoms with Crippen LogP contribution in [0.15, 0.2) is 0 Å². The van der Waals surface area contributed by atoms with E-state index in [4.69, 9.17) is 33.5 Å². The minimum absolute atomic E-state index is 0.173. The van der Waals surface area contributed by atoms with Gasteiger partial charge in [-0.2, -0.15) is 0 Å². The molecule has 0 aromatic heterocycles. The lowest BCUT2D eigenvalue weighted by Gasteiger charge is -2.43. The third-order valence-electron chi connectivity index (χ3n) is 3.32. The number of ether oxygens (including phenoxy) is 6. The minimum atomic E-state index is -1.28. The molecule has 154 valence electrons. The quantitative estimate of drug-likeness (QED) is 0.404. The Bertz CT molecular complexity index is 546. The second-order valence-electron chi connectivity index (χ2n) is 5.66. The first kappa shape index (κ1) is 22.8. The molecule has 0 radical (unpaired) electrons. The third kappa shape index (κ3) is 7.49. The summed E-state index contributed by atoms with van der Waals surface area (Å²) in [5.41, 5.74) is 0. The van der Waals surface area contributed by atoms with Gasteiger partial charge >= 0.3 is 23.9 Å². The first-order valence-electron chi connectivity index (χ1n) is 8.18. The smallest absolute Gasteiger partial charge is 0.303 e. The third-order valence-corrected chi connectivity index (χ3v) is 3.32. The number of hydrogen-bond donors (Lipinski definition) is 1. The highest BCUT2D eigenvalue weighted by Crippen LogP contribution is 2.29. The average molecular weight is 392 g/mol. The van der Waals surface area contributed by atoms with Crippen LogP contribution in [0.5, 0.6) is 0 Å². The van der Waals surface area contributed by atoms with Crippen molar-refractivity contribution in [3.63, 3.8) is 0 Å². The molecule has 5 atom stereocenters. The van der Waals surface area contributed by atoms with E-state index in [1.54, 1.807) is 0 Å². The fraction of sp³-hybridized carbons (Fsp3) is 0.750. The SMILES string of the molecule is CC(=O)OC[C@@H]1O[C@@H](OCCO)C(OC(C)=O)C(OC(C)=O)[C@@H]1OC(C)=O. The summed E-state index contributed by atoms with van der Waals surface area (Å²) in [6.45, 7) is 3.68. The molecule has 0 amide bonds. The topological polar surface area (TPSA) is 144 Å². The van der Waals surface area contributed by atoms with E-state index in [0.29, 0.717) is 0 Å². The number of carbonyl (C=O) groups excluding carboxylic acids is 4. The van der Waals surface area contributed by atoms with Crippen LogP contribution >= 0.6 is 0 Å². The highest BCUT2D eigenvalue weighted by atomic mass is 16.7. The van der Waals surface area contributed by atoms with Crippen LogP contribution in [-0.4, -0.2) is 79.5 Å². The summed E-state index contributed by atoms with van der Waals surface area (Å²) in [5.74, 6) is -2.79. The van der Waals surface area contributed by atoms with E-state index in [9.17, 15) is 19.2 Å². The minimum Gasteiger partial charge on any atom is -0.463 e. The Kier molecular flexibility index (Phi) is 9.12. The number of aliphatic hydroxyl groups is 1. The molecule has 1 aliphatic heterocycles. The number of carbonyl (C=O) groups is 4. The zero-order valence-electron chi connectivity index (χ0n) is 15.5. The van der Waals surface area contributed by atoms with Gasteiger partial charge in [0.05, 0.1) is 13.2 Å². The van der Waals surface area contributed by atoms with Crippen LogP contribution in [0.25, 0.3) is 0 Å². The Morgan fingerprint density at radius 1 is 0.815 bits per heavy atom. The molecule has 0 aromatic carbocycles. The average Bonchev–Trinajstić information content (AvgIpc) is 2.54. The van der Waals surface area contributed by atoms with Crippen LogP contribution in [0.2, 0.25) is 0 Å². The molecule has 11 heteroatoms. The molecule has 0 aliphatic carbocycles. The van der Waals surface area contributed by atoms with Gasteiger partial charge in [-0.1, -0.05) is 0 Å². The van der Waals surface area contributed by atoms with E-state index in [0.717, 1.165) is 20.8 Å². The lowest BCUT2D eigenvalue weighted by Crippen LogP contribution is -2.63. The van der Waals surface area contributed by atoms with Crippen molar-refractivity contribution in [1.29, 1.82) is 0 Å². The van der Waals surface area contributed by atoms with Crippen LogP contribution in [0.4, 0.5) is 0 Å². The van der Waals surface area contributed by atoms with Crippen molar-refractivity contribution in [2.24, 2.45) is 0 Å². The Hall–Kier alpha value is -2.24. The standard InChI is InChI=1S/C16H24O11/c1-8(18)23-7-12-13(24-9(2)19)14(25-10(3)20)15(26-11(4)21)16(27-12)22-6-5-17/h12-17H,5-7H2,1-4H3/t12-,13+,14?,15?,16+/m0/s1. The largest absolute Gasteiger partial charge is 0.463 e. The predicted octanol–water partition coefficient (Wildman–Crippen LogP) is -0.922. The highest BCUT2D eigenvalue weighted by molar-refractivity contribution is 5.68. The van der Waals surface area contributed by atoms with Crippen molar-refractivity contribution in [2.45, 2.75) is 58.4 Å². The molecular weight excluding hydrogens is 368 g/mol. The normalized spacial score (nSPS) is 27.4. The van der Waals surface area contributed by atoms with Gasteiger partial charge in [-0.05, 0) is 0 Å². The van der Waals surface area contributed by atoms with E-state index in [2.05, 4.69) is 0 Å². The summed E-state index contributed by atoms with van der Waals surface area (Å²) >= 11 is 0. The zero-order valence-corrected chi connectivity index (χ0v) is 15.5. The maximum Gasteiger partial charge on any atom is 0.303 e. The van der Waals surface area contributed by atoms with Crippen molar-refractivity contribution < 1.29 is 52.7 Å². The first-order chi connectivity index (χ1) is 12.6. The molecule has 0 spiro atoms. The Balaban J connectivity index is 3.22. The Morgan fingerprint density at radius 2 is 1.33 bits per heavy atom. The summed E-state index contributed by atoms with van der Waals surface area (Å²) in [7, 11) is 0. The van der Waals surface area contributed by atoms with Crippen molar-refractivity contribution in [3.05, 3.63) is 0 Å². The van der Waals surface area contributed by atoms with Crippen molar-refractivity contribution in [2.75, 3.05) is 19.8 Å². The molecule has 0 bridgehead atoms. The molecule has 2 unspecified atom stereocenters. The molecule has 0 saturated carbocycles. The highest BCUT2D eigenvalue weighted by Gasteiger charge is 2.52. The molecule has 1 rings (SSSR count). The summed E-state index contributed by atoms with van der Waals surface area (Å²) in [6, 6.07) is 0. The van der Waals surface area contributed by atoms with Gasteiger partial charge in [0.25, 0.3) is 0 Å². The molecule has 1 aliphatic rings. The van der Waals surface area contributed by atoms with Crippen molar-refractivity contribution >= 4 is 23.9 Å². The van der Waals surface area contributed by atoms with E-state index >= 15 is 0 Å². The summed E-state index contributed by atoms with van der Waals surface area (Å²) in [4.78, 5) is 45.7. The number of esters is 4. The van der Waals surface area contributed by atoms with E-state index in [-0.39, 0.29) is 19.8 Å². The second-order valence-corrected chi connectivity index (χ2v) is 5.66. The monoisotopic (exact) mass is 392 g/mol. The number of aliphatic hydroxyl groups excluding tert-OH is 1. The molecular formula is C16H24O11. The number of hydrogen-bond acceptors (Lipinski definition) is 11. The molecule has 1 saturated heterocycles. The first-order valence-corrected chi connectivity index (χ1v) is 8.18. The van der Waals surface area contributed by atoms with Crippen LogP contribution in [0.3, 0.4) is 0 Å². The number of rotatable bonds is 8. The summed E-state index contributed by atoms with van der Waals surface area (Å²) in [5, 5.41) is 8.98. The van der Waals surface area contributed by atoms with Crippen molar-refractivity contribution in [1.82, 2.24) is 0 Å². The fourth-order valence-electron chi connectivity index (χ4n) is 2.49. The maximum atomic E-state index is 11.6. The van der Waals surface area contributed by atoms with E-state index in [1.165, 1.54) is 6.92 Å². The van der Waals surface area contributed by atoms with Gasteiger partial charge in [0, 0.05) is 27.7 Å². The fourth-order valence-corrected chi connectivity index (χ4v) is 2.49. The van der Waals surface area contributed by atoms with Crippen LogP contribution < -0.4 is 0 Å². The van der Waals surface area contributed by atoms with Gasteiger partial charge in [0.2, 0.25) is 0 Å². The molecule has 27 heavy (non-hydrogen) atoms. The van der Waals surface area contributed by atoms with Crippen LogP contribution in [0.1, 0.15) is 27.7 Å². The molecule has 1 heterocycles. The van der Waals surface area contributed by atoms with Crippen LogP contribution in [-0.2, 0) is 47.6 Å². The Labute approximate surface area is 155 Å². The predicted molar refractivity (Wildman–Crippen MR) is 85.0 cm³/mol. The van der Waals surface area contributed by atoms with E-state index < -0.39 is 54.6 Å².